The maximum atomic E-state index is 13.3. The van der Waals surface area contributed by atoms with Crippen LogP contribution in [-0.4, -0.2) is 34.0 Å². The van der Waals surface area contributed by atoms with Crippen molar-refractivity contribution in [3.8, 4) is 11.4 Å². The van der Waals surface area contributed by atoms with Crippen molar-refractivity contribution in [3.63, 3.8) is 0 Å². The highest BCUT2D eigenvalue weighted by molar-refractivity contribution is 6.33. The van der Waals surface area contributed by atoms with Crippen LogP contribution in [0.25, 0.3) is 11.4 Å². The van der Waals surface area contributed by atoms with Gasteiger partial charge in [-0.05, 0) is 49.7 Å². The van der Waals surface area contributed by atoms with Crippen molar-refractivity contribution in [2.24, 2.45) is 5.92 Å². The molecule has 1 unspecified atom stereocenters. The van der Waals surface area contributed by atoms with Crippen LogP contribution < -0.4 is 5.32 Å². The first kappa shape index (κ1) is 20.8. The molecule has 0 aliphatic carbocycles. The van der Waals surface area contributed by atoms with Crippen molar-refractivity contribution >= 4 is 34.8 Å². The minimum absolute atomic E-state index is 0.0243. The lowest BCUT2D eigenvalue weighted by Crippen LogP contribution is -2.40. The number of nitrogens with one attached hydrogen (secondary N) is 1. The first-order valence-electron chi connectivity index (χ1n) is 9.55. The zero-order valence-electron chi connectivity index (χ0n) is 15.9. The van der Waals surface area contributed by atoms with Gasteiger partial charge in [-0.3, -0.25) is 9.69 Å². The van der Waals surface area contributed by atoms with Crippen molar-refractivity contribution in [1.29, 1.82) is 0 Å². The molecule has 1 amide bonds. The maximum Gasteiger partial charge on any atom is 0.241 e. The Kier molecular flexibility index (Phi) is 6.32. The minimum Gasteiger partial charge on any atom is -0.338 e. The van der Waals surface area contributed by atoms with Gasteiger partial charge in [-0.2, -0.15) is 4.98 Å². The Labute approximate surface area is 183 Å². The molecule has 0 bridgehead atoms. The van der Waals surface area contributed by atoms with Crippen molar-refractivity contribution in [1.82, 2.24) is 15.0 Å². The third-order valence-electron chi connectivity index (χ3n) is 5.01. The molecule has 1 saturated heterocycles. The van der Waals surface area contributed by atoms with Gasteiger partial charge in [0, 0.05) is 17.8 Å². The first-order chi connectivity index (χ1) is 14.5. The monoisotopic (exact) mass is 448 g/mol. The summed E-state index contributed by atoms with van der Waals surface area (Å²) >= 11 is 12.0. The van der Waals surface area contributed by atoms with E-state index in [0.29, 0.717) is 41.1 Å². The molecule has 0 radical (unpaired) electrons. The van der Waals surface area contributed by atoms with Crippen molar-refractivity contribution in [2.45, 2.75) is 19.4 Å². The fourth-order valence-corrected chi connectivity index (χ4v) is 3.89. The van der Waals surface area contributed by atoms with Crippen LogP contribution in [0.1, 0.15) is 18.7 Å². The predicted molar refractivity (Wildman–Crippen MR) is 113 cm³/mol. The van der Waals surface area contributed by atoms with Gasteiger partial charge in [0.15, 0.2) is 0 Å². The van der Waals surface area contributed by atoms with Crippen LogP contribution in [0.3, 0.4) is 0 Å². The Morgan fingerprint density at radius 1 is 1.23 bits per heavy atom. The van der Waals surface area contributed by atoms with Crippen LogP contribution in [0.15, 0.2) is 47.0 Å². The van der Waals surface area contributed by atoms with E-state index in [1.54, 1.807) is 6.07 Å². The number of nitrogens with zero attached hydrogens (tertiary/aromatic N) is 3. The molecule has 4 rings (SSSR count). The molecule has 1 aliphatic rings. The number of piperidine rings is 1. The summed E-state index contributed by atoms with van der Waals surface area (Å²) in [6.07, 6.45) is 1.64. The average Bonchev–Trinajstić information content (AvgIpc) is 3.19. The molecule has 1 aromatic heterocycles. The van der Waals surface area contributed by atoms with Crippen LogP contribution in [0, 0.1) is 11.7 Å². The second kappa shape index (κ2) is 9.12. The highest BCUT2D eigenvalue weighted by Gasteiger charge is 2.27. The van der Waals surface area contributed by atoms with Gasteiger partial charge in [-0.15, -0.1) is 0 Å². The van der Waals surface area contributed by atoms with E-state index in [4.69, 9.17) is 27.7 Å². The number of benzene rings is 2. The summed E-state index contributed by atoms with van der Waals surface area (Å²) in [7, 11) is 0. The zero-order valence-corrected chi connectivity index (χ0v) is 17.5. The summed E-state index contributed by atoms with van der Waals surface area (Å²) in [5.41, 5.74) is 1.19. The topological polar surface area (TPSA) is 71.3 Å². The lowest BCUT2D eigenvalue weighted by Gasteiger charge is -2.30. The molecule has 30 heavy (non-hydrogen) atoms. The van der Waals surface area contributed by atoms with E-state index < -0.39 is 5.82 Å². The smallest absolute Gasteiger partial charge is 0.241 e. The fourth-order valence-electron chi connectivity index (χ4n) is 3.49. The minimum atomic E-state index is -0.519. The van der Waals surface area contributed by atoms with Gasteiger partial charge >= 0.3 is 0 Å². The van der Waals surface area contributed by atoms with Crippen molar-refractivity contribution < 1.29 is 13.7 Å². The molecule has 6 nitrogen and oxygen atoms in total. The number of anilines is 1. The molecule has 156 valence electrons. The van der Waals surface area contributed by atoms with Gasteiger partial charge in [-0.25, -0.2) is 4.39 Å². The molecule has 0 spiro atoms. The van der Waals surface area contributed by atoms with Crippen LogP contribution >= 0.6 is 23.2 Å². The molecule has 9 heteroatoms. The molecule has 1 atom stereocenters. The molecule has 2 heterocycles. The van der Waals surface area contributed by atoms with Crippen LogP contribution in [0.4, 0.5) is 10.1 Å². The molecular formula is C21H19Cl2FN4O2. The van der Waals surface area contributed by atoms with Gasteiger partial charge in [0.2, 0.25) is 17.6 Å². The van der Waals surface area contributed by atoms with E-state index >= 15 is 0 Å². The molecule has 1 aliphatic heterocycles. The standard InChI is InChI=1S/C21H19Cl2FN4O2/c22-16-6-2-1-5-15(16)20-26-19(30-27-20)12-28-9-3-4-13(11-28)21(29)25-14-7-8-18(24)17(23)10-14/h1-2,5-8,10,13H,3-4,9,11-12H2,(H,25,29). The Hall–Kier alpha value is -2.48. The van der Waals surface area contributed by atoms with Crippen molar-refractivity contribution in [2.75, 3.05) is 18.4 Å². The lowest BCUT2D eigenvalue weighted by atomic mass is 9.97. The van der Waals surface area contributed by atoms with Gasteiger partial charge in [0.25, 0.3) is 0 Å². The summed E-state index contributed by atoms with van der Waals surface area (Å²) in [6.45, 7) is 1.84. The molecule has 3 aromatic rings. The third kappa shape index (κ3) is 4.80. The quantitative estimate of drug-likeness (QED) is 0.592. The summed E-state index contributed by atoms with van der Waals surface area (Å²) in [5.74, 6) is 0.0683. The first-order valence-corrected chi connectivity index (χ1v) is 10.3. The maximum absolute atomic E-state index is 13.3. The van der Waals surface area contributed by atoms with E-state index in [0.717, 1.165) is 19.4 Å². The molecule has 1 fully saturated rings. The van der Waals surface area contributed by atoms with Crippen molar-refractivity contribution in [3.05, 3.63) is 64.2 Å². The lowest BCUT2D eigenvalue weighted by molar-refractivity contribution is -0.121. The second-order valence-electron chi connectivity index (χ2n) is 7.18. The van der Waals surface area contributed by atoms with Gasteiger partial charge < -0.3 is 9.84 Å². The van der Waals surface area contributed by atoms with Gasteiger partial charge in [0.05, 0.1) is 22.5 Å². The highest BCUT2D eigenvalue weighted by Crippen LogP contribution is 2.26. The number of hydrogen-bond donors (Lipinski definition) is 1. The number of rotatable bonds is 5. The summed E-state index contributed by atoms with van der Waals surface area (Å²) < 4.78 is 18.7. The van der Waals surface area contributed by atoms with Gasteiger partial charge in [0.1, 0.15) is 5.82 Å². The number of likely N-dealkylation sites (tertiary alicyclic amines) is 1. The molecular weight excluding hydrogens is 430 g/mol. The summed E-state index contributed by atoms with van der Waals surface area (Å²) in [6, 6.07) is 11.4. The van der Waals surface area contributed by atoms with E-state index in [-0.39, 0.29) is 16.8 Å². The van der Waals surface area contributed by atoms with Crippen LogP contribution in [0.2, 0.25) is 10.0 Å². The number of carbonyl (C=O) groups is 1. The molecule has 1 N–H and O–H groups in total. The highest BCUT2D eigenvalue weighted by atomic mass is 35.5. The predicted octanol–water partition coefficient (Wildman–Crippen LogP) is 5.03. The average molecular weight is 449 g/mol. The van der Waals surface area contributed by atoms with Crippen LogP contribution in [-0.2, 0) is 11.3 Å². The van der Waals surface area contributed by atoms with E-state index in [1.165, 1.54) is 18.2 Å². The Morgan fingerprint density at radius 3 is 2.87 bits per heavy atom. The van der Waals surface area contributed by atoms with E-state index in [2.05, 4.69) is 20.4 Å². The number of halogens is 3. The number of carbonyl (C=O) groups excluding carboxylic acids is 1. The van der Waals surface area contributed by atoms with Crippen LogP contribution in [0.5, 0.6) is 0 Å². The largest absolute Gasteiger partial charge is 0.338 e. The Balaban J connectivity index is 1.38. The van der Waals surface area contributed by atoms with E-state index in [9.17, 15) is 9.18 Å². The second-order valence-corrected chi connectivity index (χ2v) is 8.00. The Morgan fingerprint density at radius 2 is 2.07 bits per heavy atom. The third-order valence-corrected chi connectivity index (χ3v) is 5.62. The molecule has 2 aromatic carbocycles. The number of hydrogen-bond acceptors (Lipinski definition) is 5. The summed E-state index contributed by atoms with van der Waals surface area (Å²) in [4.78, 5) is 19.2. The SMILES string of the molecule is O=C(Nc1ccc(F)c(Cl)c1)C1CCCN(Cc2nc(-c3ccccc3Cl)no2)C1. The molecule has 0 saturated carbocycles. The zero-order chi connectivity index (χ0) is 21.1. The van der Waals surface area contributed by atoms with E-state index in [1.807, 2.05) is 18.2 Å². The normalized spacial score (nSPS) is 17.1. The fraction of sp³-hybridized carbons (Fsp3) is 0.286. The number of amides is 1. The summed E-state index contributed by atoms with van der Waals surface area (Å²) in [5, 5.41) is 7.36. The van der Waals surface area contributed by atoms with Gasteiger partial charge in [-0.1, -0.05) is 40.5 Å². The Bertz CT molecular complexity index is 1060. The number of aromatic nitrogens is 2.